The first-order valence-electron chi connectivity index (χ1n) is 9.80. The van der Waals surface area contributed by atoms with E-state index in [1.54, 1.807) is 6.20 Å². The fourth-order valence-corrected chi connectivity index (χ4v) is 7.22. The van der Waals surface area contributed by atoms with Crippen molar-refractivity contribution in [3.63, 3.8) is 0 Å². The lowest BCUT2D eigenvalue weighted by atomic mass is 10.4. The zero-order valence-corrected chi connectivity index (χ0v) is 16.0. The maximum atomic E-state index is 6.31. The highest BCUT2D eigenvalue weighted by Crippen LogP contribution is 2.54. The number of fused-ring (bicyclic) bond motifs is 1. The van der Waals surface area contributed by atoms with Crippen LogP contribution >= 0.6 is 8.37 Å². The van der Waals surface area contributed by atoms with Gasteiger partial charge in [-0.2, -0.15) is 0 Å². The lowest BCUT2D eigenvalue weighted by molar-refractivity contribution is -0.0268. The van der Waals surface area contributed by atoms with Crippen molar-refractivity contribution in [1.29, 1.82) is 0 Å². The summed E-state index contributed by atoms with van der Waals surface area (Å²) in [6.07, 6.45) is 9.31. The summed E-state index contributed by atoms with van der Waals surface area (Å²) >= 11 is 0. The van der Waals surface area contributed by atoms with Crippen LogP contribution < -0.4 is 4.84 Å². The normalized spacial score (nSPS) is 25.8. The monoisotopic (exact) mass is 375 g/mol. The molecule has 1 unspecified atom stereocenters. The third kappa shape index (κ3) is 3.09. The van der Waals surface area contributed by atoms with E-state index in [4.69, 9.17) is 4.84 Å². The van der Waals surface area contributed by atoms with Crippen molar-refractivity contribution in [2.45, 2.75) is 44.8 Å². The molecule has 26 heavy (non-hydrogen) atoms. The van der Waals surface area contributed by atoms with E-state index >= 15 is 0 Å². The van der Waals surface area contributed by atoms with E-state index < -0.39 is 8.37 Å². The summed E-state index contributed by atoms with van der Waals surface area (Å²) in [5.41, 5.74) is 1.48. The third-order valence-corrected chi connectivity index (χ3v) is 8.20. The highest BCUT2D eigenvalue weighted by Gasteiger charge is 2.41. The van der Waals surface area contributed by atoms with Gasteiger partial charge in [0, 0.05) is 45.3 Å². The summed E-state index contributed by atoms with van der Waals surface area (Å²) in [6.45, 7) is 5.99. The van der Waals surface area contributed by atoms with Crippen molar-refractivity contribution >= 4 is 19.5 Å². The first-order chi connectivity index (χ1) is 12.9. The van der Waals surface area contributed by atoms with Crippen LogP contribution in [0.3, 0.4) is 0 Å². The van der Waals surface area contributed by atoms with Crippen LogP contribution in [-0.4, -0.2) is 73.1 Å². The molecule has 1 atom stereocenters. The predicted octanol–water partition coefficient (Wildman–Crippen LogP) is 2.10. The average molecular weight is 375 g/mol. The van der Waals surface area contributed by atoms with Gasteiger partial charge in [0.05, 0.1) is 0 Å². The lowest BCUT2D eigenvalue weighted by Gasteiger charge is -2.42. The second-order valence-electron chi connectivity index (χ2n) is 7.26. The number of hydrogen-bond acceptors (Lipinski definition) is 7. The molecule has 5 heterocycles. The largest absolute Gasteiger partial charge is 0.374 e. The minimum Gasteiger partial charge on any atom is -0.374 e. The van der Waals surface area contributed by atoms with Gasteiger partial charge in [0.25, 0.3) is 0 Å². The summed E-state index contributed by atoms with van der Waals surface area (Å²) in [4.78, 5) is 12.2. The van der Waals surface area contributed by atoms with Crippen molar-refractivity contribution in [2.24, 2.45) is 0 Å². The smallest absolute Gasteiger partial charge is 0.219 e. The minimum absolute atomic E-state index is 0.0502. The molecule has 3 aliphatic heterocycles. The van der Waals surface area contributed by atoms with Gasteiger partial charge in [-0.3, -0.25) is 9.34 Å². The van der Waals surface area contributed by atoms with Crippen LogP contribution in [0.1, 0.15) is 38.5 Å². The molecule has 3 fully saturated rings. The van der Waals surface area contributed by atoms with Gasteiger partial charge in [-0.05, 0) is 49.5 Å². The molecule has 0 saturated carbocycles. The van der Waals surface area contributed by atoms with Gasteiger partial charge in [0.1, 0.15) is 13.9 Å². The molecule has 0 bridgehead atoms. The van der Waals surface area contributed by atoms with E-state index in [-0.39, 0.29) is 6.23 Å². The second kappa shape index (κ2) is 7.35. The van der Waals surface area contributed by atoms with Crippen molar-refractivity contribution in [2.75, 3.05) is 32.7 Å². The molecule has 3 aliphatic rings. The van der Waals surface area contributed by atoms with Gasteiger partial charge in [-0.1, -0.05) is 4.85 Å². The van der Waals surface area contributed by atoms with Crippen LogP contribution in [0.15, 0.2) is 18.3 Å². The van der Waals surface area contributed by atoms with E-state index in [1.165, 1.54) is 63.1 Å². The number of nitrogens with zero attached hydrogens (tertiary/aromatic N) is 7. The van der Waals surface area contributed by atoms with Crippen LogP contribution in [0.2, 0.25) is 0 Å². The maximum absolute atomic E-state index is 6.31. The number of hydrogen-bond donors (Lipinski definition) is 0. The maximum Gasteiger partial charge on any atom is 0.219 e. The van der Waals surface area contributed by atoms with Crippen molar-refractivity contribution in [1.82, 2.24) is 34.2 Å². The molecular weight excluding hydrogens is 349 g/mol. The van der Waals surface area contributed by atoms with Gasteiger partial charge in [0.15, 0.2) is 6.23 Å². The van der Waals surface area contributed by atoms with E-state index in [0.29, 0.717) is 5.65 Å². The number of rotatable bonds is 5. The molecular formula is C17H26N7OP. The lowest BCUT2D eigenvalue weighted by Crippen LogP contribution is -2.42. The molecule has 9 heteroatoms. The molecule has 0 N–H and O–H groups in total. The number of aromatic nitrogens is 4. The zero-order valence-electron chi connectivity index (χ0n) is 15.1. The second-order valence-corrected chi connectivity index (χ2v) is 9.45. The topological polar surface area (TPSA) is 62.6 Å². The summed E-state index contributed by atoms with van der Waals surface area (Å²) in [6, 6.07) is 3.80. The minimum atomic E-state index is -0.435. The van der Waals surface area contributed by atoms with Crippen LogP contribution in [-0.2, 0) is 0 Å². The summed E-state index contributed by atoms with van der Waals surface area (Å²) in [5.74, 6) is 0. The van der Waals surface area contributed by atoms with E-state index in [1.807, 2.05) is 12.1 Å². The van der Waals surface area contributed by atoms with Crippen LogP contribution in [0.4, 0.5) is 0 Å². The first-order valence-corrected chi connectivity index (χ1v) is 11.0. The fourth-order valence-electron chi connectivity index (χ4n) is 4.23. The average Bonchev–Trinajstić information content (AvgIpc) is 3.46. The Kier molecular flexibility index (Phi) is 4.75. The molecule has 0 spiro atoms. The summed E-state index contributed by atoms with van der Waals surface area (Å²) in [7, 11) is -0.435. The Bertz CT molecular complexity index is 728. The third-order valence-electron chi connectivity index (χ3n) is 5.47. The van der Waals surface area contributed by atoms with Crippen molar-refractivity contribution in [3.05, 3.63) is 18.3 Å². The Hall–Kier alpha value is -1.34. The number of pyridine rings is 1. The zero-order chi connectivity index (χ0) is 17.3. The molecule has 140 valence electrons. The molecule has 0 amide bonds. The molecule has 2 aromatic heterocycles. The molecule has 0 aromatic carbocycles. The predicted molar refractivity (Wildman–Crippen MR) is 100 cm³/mol. The van der Waals surface area contributed by atoms with Crippen LogP contribution in [0, 0.1) is 0 Å². The first kappa shape index (κ1) is 16.8. The van der Waals surface area contributed by atoms with Crippen LogP contribution in [0.25, 0.3) is 11.2 Å². The highest BCUT2D eigenvalue weighted by atomic mass is 31.2. The van der Waals surface area contributed by atoms with Gasteiger partial charge in [-0.25, -0.2) is 9.65 Å². The van der Waals surface area contributed by atoms with Gasteiger partial charge in [0.2, 0.25) is 5.65 Å². The summed E-state index contributed by atoms with van der Waals surface area (Å²) in [5, 5.41) is 8.36. The Morgan fingerprint density at radius 2 is 1.69 bits per heavy atom. The summed E-state index contributed by atoms with van der Waals surface area (Å²) < 4.78 is 8.02. The standard InChI is InChI=1S/C17H26N7OP/c1-2-11-21(10-1)26(22-12-3-4-13-22)23-14-6-8-16(23)25-24-17-15(19-20-24)7-5-9-18-17/h5,7,9,16H,1-4,6,8,10-14H2. The Labute approximate surface area is 155 Å². The van der Waals surface area contributed by atoms with E-state index in [0.717, 1.165) is 18.5 Å². The molecule has 0 aliphatic carbocycles. The van der Waals surface area contributed by atoms with Crippen molar-refractivity contribution in [3.8, 4) is 0 Å². The molecule has 8 nitrogen and oxygen atoms in total. The van der Waals surface area contributed by atoms with Gasteiger partial charge < -0.3 is 4.84 Å². The Morgan fingerprint density at radius 1 is 0.962 bits per heavy atom. The van der Waals surface area contributed by atoms with Gasteiger partial charge >= 0.3 is 0 Å². The van der Waals surface area contributed by atoms with E-state index in [2.05, 4.69) is 29.3 Å². The SMILES string of the molecule is c1cnc2c(c1)nnn2OC1CCCN1P(N1CCCC1)N1CCCC1. The van der Waals surface area contributed by atoms with Crippen molar-refractivity contribution < 1.29 is 4.84 Å². The van der Waals surface area contributed by atoms with E-state index in [9.17, 15) is 0 Å². The molecule has 5 rings (SSSR count). The Balaban J connectivity index is 1.39. The fraction of sp³-hybridized carbons (Fsp3) is 0.706. The quantitative estimate of drug-likeness (QED) is 0.742. The molecule has 3 saturated heterocycles. The molecule has 2 aromatic rings. The van der Waals surface area contributed by atoms with Crippen LogP contribution in [0.5, 0.6) is 0 Å². The molecule has 0 radical (unpaired) electrons. The Morgan fingerprint density at radius 3 is 2.42 bits per heavy atom. The highest BCUT2D eigenvalue weighted by molar-refractivity contribution is 7.50. The van der Waals surface area contributed by atoms with Gasteiger partial charge in [-0.15, -0.1) is 5.10 Å².